The van der Waals surface area contributed by atoms with Crippen LogP contribution in [0.5, 0.6) is 5.75 Å². The Bertz CT molecular complexity index is 1040. The molecule has 0 radical (unpaired) electrons. The molecule has 1 heterocycles. The normalized spacial score (nSPS) is 10.6. The first-order chi connectivity index (χ1) is 13.4. The molecule has 1 amide bonds. The number of carbonyl (C=O) groups excluding carboxylic acids is 2. The quantitative estimate of drug-likeness (QED) is 0.488. The lowest BCUT2D eigenvalue weighted by Crippen LogP contribution is -2.25. The van der Waals surface area contributed by atoms with E-state index in [4.69, 9.17) is 16.3 Å². The number of nitrogens with zero attached hydrogens (tertiary/aromatic N) is 1. The van der Waals surface area contributed by atoms with Crippen molar-refractivity contribution in [2.45, 2.75) is 20.4 Å². The molecule has 5 nitrogen and oxygen atoms in total. The molecule has 0 atom stereocenters. The Morgan fingerprint density at radius 1 is 1.07 bits per heavy atom. The number of methoxy groups -OCH3 is 1. The van der Waals surface area contributed by atoms with Gasteiger partial charge in [-0.3, -0.25) is 9.59 Å². The fraction of sp³-hybridized carbons (Fsp3) is 0.182. The van der Waals surface area contributed by atoms with E-state index in [1.165, 1.54) is 18.2 Å². The van der Waals surface area contributed by atoms with E-state index in [2.05, 4.69) is 24.4 Å². The molecule has 0 fully saturated rings. The fourth-order valence-corrected chi connectivity index (χ4v) is 3.16. The van der Waals surface area contributed by atoms with Crippen LogP contribution in [-0.4, -0.2) is 23.4 Å². The number of Topliss-reactive ketones (excluding diaryl/α,β-unsaturated/α-hetero) is 1. The number of rotatable bonds is 6. The summed E-state index contributed by atoms with van der Waals surface area (Å²) in [6.45, 7) is 4.62. The van der Waals surface area contributed by atoms with Crippen LogP contribution in [-0.2, 0) is 11.3 Å². The molecule has 0 unspecified atom stereocenters. The smallest absolute Gasteiger partial charge is 0.298 e. The van der Waals surface area contributed by atoms with E-state index < -0.39 is 11.7 Å². The van der Waals surface area contributed by atoms with E-state index in [9.17, 15) is 9.59 Å². The predicted molar refractivity (Wildman–Crippen MR) is 110 cm³/mol. The van der Waals surface area contributed by atoms with Gasteiger partial charge >= 0.3 is 0 Å². The Balaban J connectivity index is 1.76. The van der Waals surface area contributed by atoms with Crippen molar-refractivity contribution in [1.82, 2.24) is 4.57 Å². The van der Waals surface area contributed by atoms with Crippen molar-refractivity contribution in [3.8, 4) is 5.75 Å². The van der Waals surface area contributed by atoms with Crippen molar-refractivity contribution in [2.24, 2.45) is 0 Å². The van der Waals surface area contributed by atoms with E-state index >= 15 is 0 Å². The number of hydrogen-bond acceptors (Lipinski definition) is 3. The molecule has 0 bridgehead atoms. The third kappa shape index (κ3) is 4.26. The van der Waals surface area contributed by atoms with Gasteiger partial charge in [0.1, 0.15) is 5.75 Å². The lowest BCUT2D eigenvalue weighted by Gasteiger charge is -2.11. The molecule has 0 saturated heterocycles. The number of aryl methyl sites for hydroxylation is 2. The summed E-state index contributed by atoms with van der Waals surface area (Å²) in [4.78, 5) is 25.1. The van der Waals surface area contributed by atoms with Gasteiger partial charge in [-0.05, 0) is 60.9 Å². The van der Waals surface area contributed by atoms with Crippen molar-refractivity contribution in [3.05, 3.63) is 82.1 Å². The highest BCUT2D eigenvalue weighted by Gasteiger charge is 2.20. The van der Waals surface area contributed by atoms with Gasteiger partial charge in [0.15, 0.2) is 0 Å². The van der Waals surface area contributed by atoms with E-state index in [1.807, 2.05) is 13.0 Å². The standard InChI is InChI=1S/C22H21ClN2O3/c1-14-6-7-16(11-15(14)2)13-25-10-4-5-19(25)21(26)22(27)24-17-8-9-20(28-3)18(23)12-17/h4-12H,13H2,1-3H3,(H,24,27). The number of nitrogens with one attached hydrogen (secondary N) is 1. The number of carbonyl (C=O) groups is 2. The Hall–Kier alpha value is -3.05. The van der Waals surface area contributed by atoms with E-state index in [-0.39, 0.29) is 0 Å². The van der Waals surface area contributed by atoms with Gasteiger partial charge in [0, 0.05) is 18.4 Å². The number of anilines is 1. The van der Waals surface area contributed by atoms with Crippen molar-refractivity contribution >= 4 is 29.0 Å². The van der Waals surface area contributed by atoms with E-state index in [0.717, 1.165) is 5.56 Å². The van der Waals surface area contributed by atoms with Crippen LogP contribution in [0.2, 0.25) is 5.02 Å². The van der Waals surface area contributed by atoms with Crippen LogP contribution in [0.25, 0.3) is 0 Å². The van der Waals surface area contributed by atoms with E-state index in [1.54, 1.807) is 41.1 Å². The summed E-state index contributed by atoms with van der Waals surface area (Å²) in [6.07, 6.45) is 1.79. The largest absolute Gasteiger partial charge is 0.495 e. The molecular weight excluding hydrogens is 376 g/mol. The van der Waals surface area contributed by atoms with E-state index in [0.29, 0.717) is 28.7 Å². The van der Waals surface area contributed by atoms with Gasteiger partial charge in [-0.25, -0.2) is 0 Å². The van der Waals surface area contributed by atoms with Crippen LogP contribution in [0.4, 0.5) is 5.69 Å². The molecule has 3 aromatic rings. The van der Waals surface area contributed by atoms with Gasteiger partial charge in [-0.2, -0.15) is 0 Å². The molecule has 0 aliphatic heterocycles. The number of ketones is 1. The molecule has 1 N–H and O–H groups in total. The van der Waals surface area contributed by atoms with Crippen molar-refractivity contribution in [2.75, 3.05) is 12.4 Å². The van der Waals surface area contributed by atoms with Gasteiger partial charge in [-0.15, -0.1) is 0 Å². The summed E-state index contributed by atoms with van der Waals surface area (Å²) in [6, 6.07) is 14.4. The van der Waals surface area contributed by atoms with Crippen molar-refractivity contribution in [3.63, 3.8) is 0 Å². The maximum absolute atomic E-state index is 12.7. The van der Waals surface area contributed by atoms with Crippen LogP contribution in [0, 0.1) is 13.8 Å². The Morgan fingerprint density at radius 2 is 1.86 bits per heavy atom. The first-order valence-corrected chi connectivity index (χ1v) is 9.17. The van der Waals surface area contributed by atoms with Crippen LogP contribution in [0.1, 0.15) is 27.2 Å². The number of amides is 1. The summed E-state index contributed by atoms with van der Waals surface area (Å²) in [5.74, 6) is -0.838. The number of halogens is 1. The summed E-state index contributed by atoms with van der Waals surface area (Å²) in [7, 11) is 1.51. The Morgan fingerprint density at radius 3 is 2.54 bits per heavy atom. The highest BCUT2D eigenvalue weighted by atomic mass is 35.5. The van der Waals surface area contributed by atoms with Crippen LogP contribution in [0.3, 0.4) is 0 Å². The molecule has 0 saturated carbocycles. The third-order valence-electron chi connectivity index (χ3n) is 4.60. The molecular formula is C22H21ClN2O3. The summed E-state index contributed by atoms with van der Waals surface area (Å²) in [5, 5.41) is 2.94. The van der Waals surface area contributed by atoms with Gasteiger partial charge < -0.3 is 14.6 Å². The van der Waals surface area contributed by atoms with Gasteiger partial charge in [0.2, 0.25) is 0 Å². The minimum atomic E-state index is -0.721. The van der Waals surface area contributed by atoms with Gasteiger partial charge in [-0.1, -0.05) is 29.8 Å². The second-order valence-corrected chi connectivity index (χ2v) is 6.98. The predicted octanol–water partition coefficient (Wildman–Crippen LogP) is 4.64. The van der Waals surface area contributed by atoms with Crippen LogP contribution >= 0.6 is 11.6 Å². The minimum absolute atomic E-state index is 0.329. The number of hydrogen-bond donors (Lipinski definition) is 1. The maximum Gasteiger partial charge on any atom is 0.298 e. The number of benzene rings is 2. The van der Waals surface area contributed by atoms with Crippen LogP contribution in [0.15, 0.2) is 54.7 Å². The SMILES string of the molecule is COc1ccc(NC(=O)C(=O)c2cccn2Cc2ccc(C)c(C)c2)cc1Cl. The lowest BCUT2D eigenvalue weighted by molar-refractivity contribution is -0.112. The maximum atomic E-state index is 12.7. The van der Waals surface area contributed by atoms with Crippen molar-refractivity contribution in [1.29, 1.82) is 0 Å². The van der Waals surface area contributed by atoms with Gasteiger partial charge in [0.05, 0.1) is 17.8 Å². The van der Waals surface area contributed by atoms with Crippen LogP contribution < -0.4 is 10.1 Å². The molecule has 2 aromatic carbocycles. The zero-order valence-electron chi connectivity index (χ0n) is 16.0. The molecule has 0 aliphatic carbocycles. The molecule has 6 heteroatoms. The molecule has 28 heavy (non-hydrogen) atoms. The average molecular weight is 397 g/mol. The molecule has 0 aliphatic rings. The summed E-state index contributed by atoms with van der Waals surface area (Å²) in [5.41, 5.74) is 4.22. The van der Waals surface area contributed by atoms with Crippen molar-refractivity contribution < 1.29 is 14.3 Å². The van der Waals surface area contributed by atoms with Gasteiger partial charge in [0.25, 0.3) is 11.7 Å². The third-order valence-corrected chi connectivity index (χ3v) is 4.90. The average Bonchev–Trinajstić information content (AvgIpc) is 3.12. The lowest BCUT2D eigenvalue weighted by atomic mass is 10.1. The first-order valence-electron chi connectivity index (χ1n) is 8.79. The molecule has 1 aromatic heterocycles. The minimum Gasteiger partial charge on any atom is -0.495 e. The molecule has 3 rings (SSSR count). The molecule has 144 valence electrons. The second-order valence-electron chi connectivity index (χ2n) is 6.57. The monoisotopic (exact) mass is 396 g/mol. The topological polar surface area (TPSA) is 60.3 Å². The fourth-order valence-electron chi connectivity index (χ4n) is 2.90. The Labute approximate surface area is 168 Å². The Kier molecular flexibility index (Phi) is 5.85. The zero-order valence-corrected chi connectivity index (χ0v) is 16.7. The highest BCUT2D eigenvalue weighted by molar-refractivity contribution is 6.46. The summed E-state index contributed by atoms with van der Waals surface area (Å²) >= 11 is 6.07. The molecule has 0 spiro atoms. The number of aromatic nitrogens is 1. The first kappa shape index (κ1) is 19.7. The number of ether oxygens (including phenoxy) is 1. The second kappa shape index (κ2) is 8.31. The highest BCUT2D eigenvalue weighted by Crippen LogP contribution is 2.27. The summed E-state index contributed by atoms with van der Waals surface area (Å²) < 4.78 is 6.86. The zero-order chi connectivity index (χ0) is 20.3.